The Morgan fingerprint density at radius 1 is 1.43 bits per heavy atom. The smallest absolute Gasteiger partial charge is 0.305 e. The largest absolute Gasteiger partial charge is 0.481 e. The van der Waals surface area contributed by atoms with Gasteiger partial charge in [0.05, 0.1) is 30.8 Å². The average Bonchev–Trinajstić information content (AvgIpc) is 3.22. The summed E-state index contributed by atoms with van der Waals surface area (Å²) < 4.78 is 1.62. The highest BCUT2D eigenvalue weighted by atomic mass is 16.4. The number of benzene rings is 1. The van der Waals surface area contributed by atoms with Crippen molar-refractivity contribution in [2.75, 3.05) is 0 Å². The Kier molecular flexibility index (Phi) is 3.44. The quantitative estimate of drug-likeness (QED) is 0.914. The number of nitrogens with zero attached hydrogens (tertiary/aromatic N) is 3. The van der Waals surface area contributed by atoms with Crippen LogP contribution >= 0.6 is 0 Å². The average molecular weight is 281 g/mol. The maximum Gasteiger partial charge on any atom is 0.305 e. The van der Waals surface area contributed by atoms with E-state index in [0.29, 0.717) is 12.5 Å². The van der Waals surface area contributed by atoms with Crippen LogP contribution in [0.25, 0.3) is 11.1 Å². The molecule has 1 aromatic carbocycles. The fraction of sp³-hybridized carbons (Fsp3) is 0.312. The predicted molar refractivity (Wildman–Crippen MR) is 76.6 cm³/mol. The van der Waals surface area contributed by atoms with E-state index in [0.717, 1.165) is 22.3 Å². The highest BCUT2D eigenvalue weighted by molar-refractivity contribution is 5.67. The molecule has 0 saturated heterocycles. The molecule has 0 unspecified atom stereocenters. The van der Waals surface area contributed by atoms with E-state index in [4.69, 9.17) is 5.11 Å². The molecule has 0 spiro atoms. The summed E-state index contributed by atoms with van der Waals surface area (Å²) in [5.74, 6) is -0.292. The van der Waals surface area contributed by atoms with E-state index >= 15 is 0 Å². The van der Waals surface area contributed by atoms with Gasteiger partial charge in [-0.1, -0.05) is 12.1 Å². The summed E-state index contributed by atoms with van der Waals surface area (Å²) in [6.45, 7) is 0.348. The number of carbonyl (C=O) groups is 1. The van der Waals surface area contributed by atoms with Crippen LogP contribution in [0.2, 0.25) is 0 Å². The Bertz CT molecular complexity index is 723. The molecule has 0 bridgehead atoms. The van der Waals surface area contributed by atoms with Crippen molar-refractivity contribution in [3.63, 3.8) is 0 Å². The van der Waals surface area contributed by atoms with E-state index in [9.17, 15) is 10.1 Å². The first-order chi connectivity index (χ1) is 10.2. The van der Waals surface area contributed by atoms with Gasteiger partial charge in [-0.15, -0.1) is 0 Å². The summed E-state index contributed by atoms with van der Waals surface area (Å²) in [4.78, 5) is 10.6. The first-order valence-electron chi connectivity index (χ1n) is 6.96. The molecule has 1 aromatic heterocycles. The number of aromatic nitrogens is 2. The summed E-state index contributed by atoms with van der Waals surface area (Å²) in [5.41, 5.74) is 3.71. The molecule has 0 amide bonds. The molecule has 1 fully saturated rings. The highest BCUT2D eigenvalue weighted by Gasteiger charge is 2.26. The maximum atomic E-state index is 10.6. The van der Waals surface area contributed by atoms with E-state index in [1.165, 1.54) is 12.8 Å². The molecule has 5 heteroatoms. The Balaban J connectivity index is 1.83. The standard InChI is InChI=1S/C16H15N3O2/c17-8-13-7-12(3-4-15(13)11-1-2-11)14-9-18-19(10-14)6-5-16(20)21/h3-4,7,9-11H,1-2,5-6H2,(H,20,21). The van der Waals surface area contributed by atoms with Gasteiger partial charge < -0.3 is 5.11 Å². The first kappa shape index (κ1) is 13.4. The molecule has 0 radical (unpaired) electrons. The molecular weight excluding hydrogens is 266 g/mol. The van der Waals surface area contributed by atoms with Gasteiger partial charge in [0.25, 0.3) is 0 Å². The highest BCUT2D eigenvalue weighted by Crippen LogP contribution is 2.42. The normalized spacial score (nSPS) is 13.9. The van der Waals surface area contributed by atoms with Crippen LogP contribution in [0.5, 0.6) is 0 Å². The van der Waals surface area contributed by atoms with Crippen LogP contribution in [-0.4, -0.2) is 20.9 Å². The van der Waals surface area contributed by atoms with Crippen LogP contribution in [0, 0.1) is 11.3 Å². The van der Waals surface area contributed by atoms with Crippen molar-refractivity contribution >= 4 is 5.97 Å². The van der Waals surface area contributed by atoms with E-state index in [1.807, 2.05) is 24.4 Å². The van der Waals surface area contributed by atoms with Crippen LogP contribution in [0.3, 0.4) is 0 Å². The number of aliphatic carboxylic acids is 1. The lowest BCUT2D eigenvalue weighted by Gasteiger charge is -2.04. The Morgan fingerprint density at radius 2 is 2.24 bits per heavy atom. The summed E-state index contributed by atoms with van der Waals surface area (Å²) in [6, 6.07) is 8.20. The van der Waals surface area contributed by atoms with Gasteiger partial charge in [-0.25, -0.2) is 0 Å². The van der Waals surface area contributed by atoms with Gasteiger partial charge in [0.2, 0.25) is 0 Å². The monoisotopic (exact) mass is 281 g/mol. The zero-order valence-electron chi connectivity index (χ0n) is 11.5. The third-order valence-electron chi connectivity index (χ3n) is 3.71. The minimum absolute atomic E-state index is 0.0468. The van der Waals surface area contributed by atoms with Gasteiger partial charge in [-0.05, 0) is 36.0 Å². The fourth-order valence-electron chi connectivity index (χ4n) is 2.43. The van der Waals surface area contributed by atoms with Crippen molar-refractivity contribution in [3.8, 4) is 17.2 Å². The molecule has 106 valence electrons. The second-order valence-corrected chi connectivity index (χ2v) is 5.32. The molecule has 1 N–H and O–H groups in total. The molecular formula is C16H15N3O2. The van der Waals surface area contributed by atoms with Crippen LogP contribution in [-0.2, 0) is 11.3 Å². The molecule has 1 aliphatic rings. The summed E-state index contributed by atoms with van der Waals surface area (Å²) in [5, 5.41) is 22.1. The maximum absolute atomic E-state index is 10.6. The zero-order chi connectivity index (χ0) is 14.8. The molecule has 21 heavy (non-hydrogen) atoms. The summed E-state index contributed by atoms with van der Waals surface area (Å²) >= 11 is 0. The molecule has 1 heterocycles. The van der Waals surface area contributed by atoms with Gasteiger partial charge in [0.15, 0.2) is 0 Å². The van der Waals surface area contributed by atoms with Gasteiger partial charge in [-0.2, -0.15) is 10.4 Å². The van der Waals surface area contributed by atoms with E-state index in [2.05, 4.69) is 11.2 Å². The number of rotatable bonds is 5. The van der Waals surface area contributed by atoms with Crippen molar-refractivity contribution < 1.29 is 9.90 Å². The number of hydrogen-bond donors (Lipinski definition) is 1. The second-order valence-electron chi connectivity index (χ2n) is 5.32. The minimum Gasteiger partial charge on any atom is -0.481 e. The Labute approximate surface area is 122 Å². The fourth-order valence-corrected chi connectivity index (χ4v) is 2.43. The lowest BCUT2D eigenvalue weighted by molar-refractivity contribution is -0.137. The summed E-state index contributed by atoms with van der Waals surface area (Å²) in [7, 11) is 0. The van der Waals surface area contributed by atoms with E-state index in [-0.39, 0.29) is 6.42 Å². The van der Waals surface area contributed by atoms with E-state index in [1.54, 1.807) is 10.9 Å². The SMILES string of the molecule is N#Cc1cc(-c2cnn(CCC(=O)O)c2)ccc1C1CC1. The molecule has 1 aliphatic carbocycles. The summed E-state index contributed by atoms with van der Waals surface area (Å²) in [6.07, 6.45) is 5.90. The van der Waals surface area contributed by atoms with Crippen molar-refractivity contribution in [2.24, 2.45) is 0 Å². The predicted octanol–water partition coefficient (Wildman–Crippen LogP) is 2.77. The van der Waals surface area contributed by atoms with Gasteiger partial charge in [-0.3, -0.25) is 9.48 Å². The first-order valence-corrected chi connectivity index (χ1v) is 6.96. The van der Waals surface area contributed by atoms with Crippen LogP contribution < -0.4 is 0 Å². The third kappa shape index (κ3) is 2.95. The van der Waals surface area contributed by atoms with Crippen LogP contribution in [0.1, 0.15) is 36.3 Å². The number of nitriles is 1. The van der Waals surface area contributed by atoms with Crippen LogP contribution in [0.15, 0.2) is 30.6 Å². The lowest BCUT2D eigenvalue weighted by atomic mass is 9.99. The molecule has 3 rings (SSSR count). The second kappa shape index (κ2) is 5.41. The number of carboxylic acids is 1. The van der Waals surface area contributed by atoms with Gasteiger partial charge >= 0.3 is 5.97 Å². The Morgan fingerprint density at radius 3 is 2.90 bits per heavy atom. The van der Waals surface area contributed by atoms with Crippen LogP contribution in [0.4, 0.5) is 0 Å². The van der Waals surface area contributed by atoms with Gasteiger partial charge in [0, 0.05) is 11.8 Å². The number of carboxylic acid groups (broad SMARTS) is 1. The number of hydrogen-bond acceptors (Lipinski definition) is 3. The Hall–Kier alpha value is -2.61. The molecule has 1 saturated carbocycles. The van der Waals surface area contributed by atoms with E-state index < -0.39 is 5.97 Å². The van der Waals surface area contributed by atoms with Crippen molar-refractivity contribution in [3.05, 3.63) is 41.7 Å². The molecule has 0 atom stereocenters. The molecule has 5 nitrogen and oxygen atoms in total. The zero-order valence-corrected chi connectivity index (χ0v) is 11.5. The van der Waals surface area contributed by atoms with Crippen molar-refractivity contribution in [1.29, 1.82) is 5.26 Å². The topological polar surface area (TPSA) is 78.9 Å². The van der Waals surface area contributed by atoms with Crippen molar-refractivity contribution in [1.82, 2.24) is 9.78 Å². The molecule has 0 aliphatic heterocycles. The lowest BCUT2D eigenvalue weighted by Crippen LogP contribution is -2.04. The third-order valence-corrected chi connectivity index (χ3v) is 3.71. The van der Waals surface area contributed by atoms with Crippen molar-refractivity contribution in [2.45, 2.75) is 31.7 Å². The molecule has 2 aromatic rings. The number of aryl methyl sites for hydroxylation is 1. The van der Waals surface area contributed by atoms with Gasteiger partial charge in [0.1, 0.15) is 0 Å². The minimum atomic E-state index is -0.840.